The Morgan fingerprint density at radius 1 is 0.960 bits per heavy atom. The normalized spacial score (nSPS) is 11.0. The Labute approximate surface area is 153 Å². The number of amides is 1. The van der Waals surface area contributed by atoms with Crippen molar-refractivity contribution in [2.75, 3.05) is 6.61 Å². The van der Waals surface area contributed by atoms with Gasteiger partial charge in [0.05, 0.1) is 12.8 Å². The van der Waals surface area contributed by atoms with Gasteiger partial charge >= 0.3 is 0 Å². The van der Waals surface area contributed by atoms with Crippen LogP contribution < -0.4 is 10.2 Å². The zero-order valence-corrected chi connectivity index (χ0v) is 15.9. The summed E-state index contributed by atoms with van der Waals surface area (Å²) in [4.78, 5) is 11.7. The van der Waals surface area contributed by atoms with E-state index in [1.54, 1.807) is 6.21 Å². The molecule has 4 heteroatoms. The Morgan fingerprint density at radius 3 is 2.16 bits per heavy atom. The van der Waals surface area contributed by atoms with Crippen LogP contribution in [0.1, 0.15) is 83.6 Å². The van der Waals surface area contributed by atoms with Gasteiger partial charge in [-0.3, -0.25) is 4.79 Å². The van der Waals surface area contributed by atoms with Crippen molar-refractivity contribution in [3.8, 4) is 5.75 Å². The standard InChI is InChI=1S/C21H34N2O2/c1-3-5-6-7-8-9-10-11-12-13-21(24)23-22-18-19-14-16-20(17-15-19)25-4-2/h14-18H,3-13H2,1-2H3,(H,23,24)/b22-18+. The maximum absolute atomic E-state index is 11.7. The Morgan fingerprint density at radius 2 is 1.56 bits per heavy atom. The highest BCUT2D eigenvalue weighted by atomic mass is 16.5. The van der Waals surface area contributed by atoms with Crippen LogP contribution in [0, 0.1) is 0 Å². The molecule has 0 radical (unpaired) electrons. The average molecular weight is 347 g/mol. The molecule has 0 aliphatic rings. The van der Waals surface area contributed by atoms with E-state index in [-0.39, 0.29) is 5.91 Å². The summed E-state index contributed by atoms with van der Waals surface area (Å²) in [6.07, 6.45) is 13.5. The molecule has 1 rings (SSSR count). The van der Waals surface area contributed by atoms with Crippen molar-refractivity contribution in [3.05, 3.63) is 29.8 Å². The van der Waals surface area contributed by atoms with Gasteiger partial charge in [-0.2, -0.15) is 5.10 Å². The molecule has 140 valence electrons. The van der Waals surface area contributed by atoms with E-state index in [0.717, 1.165) is 24.2 Å². The van der Waals surface area contributed by atoms with Gasteiger partial charge in [0.25, 0.3) is 0 Å². The van der Waals surface area contributed by atoms with Crippen LogP contribution in [0.5, 0.6) is 5.75 Å². The van der Waals surface area contributed by atoms with Gasteiger partial charge in [0, 0.05) is 6.42 Å². The van der Waals surface area contributed by atoms with Crippen molar-refractivity contribution >= 4 is 12.1 Å². The molecule has 0 heterocycles. The third kappa shape index (κ3) is 11.4. The predicted octanol–water partition coefficient (Wildman–Crippen LogP) is 5.46. The van der Waals surface area contributed by atoms with Crippen LogP contribution in [-0.4, -0.2) is 18.7 Å². The molecule has 1 amide bonds. The first-order valence-corrected chi connectivity index (χ1v) is 9.81. The maximum atomic E-state index is 11.7. The molecule has 0 atom stereocenters. The first-order chi connectivity index (χ1) is 12.3. The highest BCUT2D eigenvalue weighted by molar-refractivity contribution is 5.82. The smallest absolute Gasteiger partial charge is 0.240 e. The fourth-order valence-corrected chi connectivity index (χ4v) is 2.65. The highest BCUT2D eigenvalue weighted by Crippen LogP contribution is 2.11. The SMILES string of the molecule is CCCCCCCCCCCC(=O)N/N=C/c1ccc(OCC)cc1. The molecule has 0 spiro atoms. The lowest BCUT2D eigenvalue weighted by molar-refractivity contribution is -0.121. The second-order valence-electron chi connectivity index (χ2n) is 6.37. The number of benzene rings is 1. The first-order valence-electron chi connectivity index (χ1n) is 9.81. The third-order valence-electron chi connectivity index (χ3n) is 4.10. The van der Waals surface area contributed by atoms with Crippen molar-refractivity contribution in [3.63, 3.8) is 0 Å². The van der Waals surface area contributed by atoms with Gasteiger partial charge in [0.15, 0.2) is 0 Å². The molecule has 0 unspecified atom stereocenters. The van der Waals surface area contributed by atoms with Gasteiger partial charge in [0.2, 0.25) is 5.91 Å². The van der Waals surface area contributed by atoms with Crippen LogP contribution in [0.3, 0.4) is 0 Å². The van der Waals surface area contributed by atoms with Crippen LogP contribution in [0.25, 0.3) is 0 Å². The Hall–Kier alpha value is -1.84. The molecule has 1 N–H and O–H groups in total. The molecule has 0 aliphatic heterocycles. The number of hydrazone groups is 1. The van der Waals surface area contributed by atoms with Gasteiger partial charge < -0.3 is 4.74 Å². The van der Waals surface area contributed by atoms with Crippen LogP contribution in [-0.2, 0) is 4.79 Å². The van der Waals surface area contributed by atoms with Crippen molar-refractivity contribution < 1.29 is 9.53 Å². The number of nitrogens with one attached hydrogen (secondary N) is 1. The summed E-state index contributed by atoms with van der Waals surface area (Å²) in [6.45, 7) is 4.86. The molecule has 4 nitrogen and oxygen atoms in total. The fraction of sp³-hybridized carbons (Fsp3) is 0.619. The van der Waals surface area contributed by atoms with Crippen molar-refractivity contribution in [2.24, 2.45) is 5.10 Å². The lowest BCUT2D eigenvalue weighted by Crippen LogP contribution is -2.16. The van der Waals surface area contributed by atoms with Crippen LogP contribution in [0.2, 0.25) is 0 Å². The molecule has 0 fully saturated rings. The van der Waals surface area contributed by atoms with Gasteiger partial charge in [-0.1, -0.05) is 58.3 Å². The summed E-state index contributed by atoms with van der Waals surface area (Å²) in [5.41, 5.74) is 3.53. The Kier molecular flexibility index (Phi) is 12.3. The van der Waals surface area contributed by atoms with E-state index in [4.69, 9.17) is 4.74 Å². The topological polar surface area (TPSA) is 50.7 Å². The third-order valence-corrected chi connectivity index (χ3v) is 4.10. The van der Waals surface area contributed by atoms with E-state index >= 15 is 0 Å². The minimum Gasteiger partial charge on any atom is -0.494 e. The predicted molar refractivity (Wildman–Crippen MR) is 105 cm³/mol. The molecule has 1 aromatic rings. The second kappa shape index (κ2) is 14.5. The summed E-state index contributed by atoms with van der Waals surface area (Å²) in [6, 6.07) is 7.63. The zero-order valence-electron chi connectivity index (χ0n) is 15.9. The van der Waals surface area contributed by atoms with Crippen molar-refractivity contribution in [1.29, 1.82) is 0 Å². The highest BCUT2D eigenvalue weighted by Gasteiger charge is 1.99. The number of hydrogen-bond donors (Lipinski definition) is 1. The number of carbonyl (C=O) groups is 1. The lowest BCUT2D eigenvalue weighted by Gasteiger charge is -2.03. The number of unbranched alkanes of at least 4 members (excludes halogenated alkanes) is 8. The monoisotopic (exact) mass is 346 g/mol. The van der Waals surface area contributed by atoms with Gasteiger partial charge in [-0.15, -0.1) is 0 Å². The van der Waals surface area contributed by atoms with E-state index < -0.39 is 0 Å². The van der Waals surface area contributed by atoms with Gasteiger partial charge in [-0.05, 0) is 43.2 Å². The number of hydrogen-bond acceptors (Lipinski definition) is 3. The minimum absolute atomic E-state index is 0.00914. The number of nitrogens with zero attached hydrogens (tertiary/aromatic N) is 1. The summed E-state index contributed by atoms with van der Waals surface area (Å²) in [5, 5.41) is 4.01. The molecular weight excluding hydrogens is 312 g/mol. The van der Waals surface area contributed by atoms with E-state index in [9.17, 15) is 4.79 Å². The number of ether oxygens (including phenoxy) is 1. The number of rotatable bonds is 14. The minimum atomic E-state index is -0.00914. The molecule has 0 aliphatic carbocycles. The molecule has 0 aromatic heterocycles. The largest absolute Gasteiger partial charge is 0.494 e. The molecule has 25 heavy (non-hydrogen) atoms. The lowest BCUT2D eigenvalue weighted by atomic mass is 10.1. The second-order valence-corrected chi connectivity index (χ2v) is 6.37. The maximum Gasteiger partial charge on any atom is 0.240 e. The quantitative estimate of drug-likeness (QED) is 0.276. The molecule has 0 bridgehead atoms. The van der Waals surface area contributed by atoms with Crippen LogP contribution >= 0.6 is 0 Å². The van der Waals surface area contributed by atoms with Crippen molar-refractivity contribution in [1.82, 2.24) is 5.43 Å². The summed E-state index contributed by atoms with van der Waals surface area (Å²) >= 11 is 0. The van der Waals surface area contributed by atoms with Crippen molar-refractivity contribution in [2.45, 2.75) is 78.1 Å². The summed E-state index contributed by atoms with van der Waals surface area (Å²) < 4.78 is 5.39. The van der Waals surface area contributed by atoms with Crippen LogP contribution in [0.15, 0.2) is 29.4 Å². The first kappa shape index (κ1) is 21.2. The summed E-state index contributed by atoms with van der Waals surface area (Å²) in [7, 11) is 0. The number of carbonyl (C=O) groups excluding carboxylic acids is 1. The van der Waals surface area contributed by atoms with E-state index in [0.29, 0.717) is 13.0 Å². The molecular formula is C21H34N2O2. The van der Waals surface area contributed by atoms with Gasteiger partial charge in [-0.25, -0.2) is 5.43 Å². The fourth-order valence-electron chi connectivity index (χ4n) is 2.65. The molecule has 1 aromatic carbocycles. The Bertz CT molecular complexity index is 483. The van der Waals surface area contributed by atoms with Gasteiger partial charge in [0.1, 0.15) is 5.75 Å². The Balaban J connectivity index is 2.04. The molecule has 0 saturated carbocycles. The van der Waals surface area contributed by atoms with E-state index in [2.05, 4.69) is 17.5 Å². The van der Waals surface area contributed by atoms with E-state index in [1.807, 2.05) is 31.2 Å². The molecule has 0 saturated heterocycles. The van der Waals surface area contributed by atoms with Crippen LogP contribution in [0.4, 0.5) is 0 Å². The summed E-state index contributed by atoms with van der Waals surface area (Å²) in [5.74, 6) is 0.833. The average Bonchev–Trinajstić information content (AvgIpc) is 2.62. The zero-order chi connectivity index (χ0) is 18.2. The van der Waals surface area contributed by atoms with E-state index in [1.165, 1.54) is 44.9 Å².